The molecule has 23 heavy (non-hydrogen) atoms. The number of hydrogen-bond acceptors (Lipinski definition) is 5. The first kappa shape index (κ1) is 14.9. The Labute approximate surface area is 133 Å². The molecule has 0 atom stereocenters. The normalized spacial score (nSPS) is 10.5. The van der Waals surface area contributed by atoms with E-state index in [2.05, 4.69) is 4.98 Å². The Balaban J connectivity index is 1.88. The summed E-state index contributed by atoms with van der Waals surface area (Å²) in [5, 5.41) is 0. The summed E-state index contributed by atoms with van der Waals surface area (Å²) in [5.74, 6) is 0.893. The Bertz CT molecular complexity index is 841. The molecule has 0 spiro atoms. The van der Waals surface area contributed by atoms with Crippen molar-refractivity contribution in [2.45, 2.75) is 6.61 Å². The monoisotopic (exact) mass is 312 g/mol. The van der Waals surface area contributed by atoms with Crippen molar-refractivity contribution < 1.29 is 19.0 Å². The maximum atomic E-state index is 11.8. The second kappa shape index (κ2) is 6.39. The van der Waals surface area contributed by atoms with E-state index in [1.165, 1.54) is 7.11 Å². The highest BCUT2D eigenvalue weighted by molar-refractivity contribution is 5.95. The fourth-order valence-corrected chi connectivity index (χ4v) is 2.33. The van der Waals surface area contributed by atoms with Crippen molar-refractivity contribution in [1.29, 1.82) is 0 Å². The number of rotatable bonds is 5. The number of methoxy groups -OCH3 is 2. The van der Waals surface area contributed by atoms with Gasteiger partial charge in [0.1, 0.15) is 12.2 Å². The number of carbonyl (C=O) groups is 1. The molecule has 3 rings (SSSR count). The van der Waals surface area contributed by atoms with Crippen LogP contribution in [0.1, 0.15) is 16.1 Å². The molecule has 0 saturated heterocycles. The van der Waals surface area contributed by atoms with E-state index in [4.69, 9.17) is 14.2 Å². The first-order valence-electron chi connectivity index (χ1n) is 7.03. The number of benzene rings is 1. The summed E-state index contributed by atoms with van der Waals surface area (Å²) in [6.45, 7) is 0.298. The van der Waals surface area contributed by atoms with Crippen molar-refractivity contribution in [3.05, 3.63) is 60.0 Å². The molecule has 0 N–H and O–H groups in total. The number of para-hydroxylation sites is 2. The molecule has 1 aromatic carbocycles. The molecule has 6 heteroatoms. The van der Waals surface area contributed by atoms with Crippen LogP contribution >= 0.6 is 0 Å². The summed E-state index contributed by atoms with van der Waals surface area (Å²) in [4.78, 5) is 16.1. The van der Waals surface area contributed by atoms with Crippen LogP contribution in [-0.4, -0.2) is 29.6 Å². The standard InChI is InChI=1S/C17H16N2O4/c1-21-14-7-3-4-8-15(14)23-11-12-10-18-16-13(17(20)22-2)6-5-9-19(12)16/h3-10H,11H2,1-2H3. The van der Waals surface area contributed by atoms with Crippen LogP contribution in [0.3, 0.4) is 0 Å². The van der Waals surface area contributed by atoms with Crippen LogP contribution in [0, 0.1) is 0 Å². The van der Waals surface area contributed by atoms with E-state index in [9.17, 15) is 4.79 Å². The van der Waals surface area contributed by atoms with Crippen LogP contribution in [0.5, 0.6) is 11.5 Å². The smallest absolute Gasteiger partial charge is 0.341 e. The zero-order valence-corrected chi connectivity index (χ0v) is 12.9. The van der Waals surface area contributed by atoms with Gasteiger partial charge in [0.2, 0.25) is 0 Å². The minimum atomic E-state index is -0.418. The highest BCUT2D eigenvalue weighted by Crippen LogP contribution is 2.26. The SMILES string of the molecule is COC(=O)c1cccn2c(COc3ccccc3OC)cnc12. The molecule has 6 nitrogen and oxygen atoms in total. The first-order valence-corrected chi connectivity index (χ1v) is 7.03. The molecule has 0 bridgehead atoms. The second-order valence-corrected chi connectivity index (χ2v) is 4.80. The van der Waals surface area contributed by atoms with E-state index in [1.807, 2.05) is 34.9 Å². The molecule has 3 aromatic rings. The zero-order valence-electron chi connectivity index (χ0n) is 12.9. The van der Waals surface area contributed by atoms with Crippen LogP contribution in [0.4, 0.5) is 0 Å². The van der Waals surface area contributed by atoms with Crippen LogP contribution < -0.4 is 9.47 Å². The van der Waals surface area contributed by atoms with Crippen molar-refractivity contribution in [2.24, 2.45) is 0 Å². The lowest BCUT2D eigenvalue weighted by Gasteiger charge is -2.10. The molecule has 2 heterocycles. The summed E-state index contributed by atoms with van der Waals surface area (Å²) in [5.41, 5.74) is 1.77. The van der Waals surface area contributed by atoms with Crippen LogP contribution in [-0.2, 0) is 11.3 Å². The van der Waals surface area contributed by atoms with Crippen molar-refractivity contribution in [3.63, 3.8) is 0 Å². The number of nitrogens with zero attached hydrogens (tertiary/aromatic N) is 2. The van der Waals surface area contributed by atoms with Crippen molar-refractivity contribution in [3.8, 4) is 11.5 Å². The number of fused-ring (bicyclic) bond motifs is 1. The third kappa shape index (κ3) is 2.83. The Hall–Kier alpha value is -3.02. The largest absolute Gasteiger partial charge is 0.493 e. The number of imidazole rings is 1. The molecule has 0 unspecified atom stereocenters. The highest BCUT2D eigenvalue weighted by Gasteiger charge is 2.14. The second-order valence-electron chi connectivity index (χ2n) is 4.80. The van der Waals surface area contributed by atoms with E-state index >= 15 is 0 Å². The quantitative estimate of drug-likeness (QED) is 0.678. The van der Waals surface area contributed by atoms with Crippen LogP contribution in [0.2, 0.25) is 0 Å². The molecule has 0 fully saturated rings. The van der Waals surface area contributed by atoms with E-state index in [1.54, 1.807) is 25.4 Å². The van der Waals surface area contributed by atoms with Gasteiger partial charge in [-0.1, -0.05) is 12.1 Å². The van der Waals surface area contributed by atoms with Gasteiger partial charge in [0.05, 0.1) is 26.1 Å². The molecule has 2 aromatic heterocycles. The lowest BCUT2D eigenvalue weighted by molar-refractivity contribution is 0.0602. The molecule has 0 aliphatic rings. The number of esters is 1. The first-order chi connectivity index (χ1) is 11.2. The van der Waals surface area contributed by atoms with Crippen molar-refractivity contribution in [1.82, 2.24) is 9.38 Å². The molecule has 0 saturated carbocycles. The maximum Gasteiger partial charge on any atom is 0.341 e. The molecular weight excluding hydrogens is 296 g/mol. The fraction of sp³-hybridized carbons (Fsp3) is 0.176. The van der Waals surface area contributed by atoms with Crippen molar-refractivity contribution in [2.75, 3.05) is 14.2 Å². The molecule has 0 aliphatic heterocycles. The number of pyridine rings is 1. The van der Waals surface area contributed by atoms with E-state index in [0.717, 1.165) is 5.69 Å². The molecular formula is C17H16N2O4. The lowest BCUT2D eigenvalue weighted by Crippen LogP contribution is -2.06. The minimum absolute atomic E-state index is 0.298. The molecule has 0 aliphatic carbocycles. The average molecular weight is 312 g/mol. The highest BCUT2D eigenvalue weighted by atomic mass is 16.5. The van der Waals surface area contributed by atoms with Gasteiger partial charge in [-0.05, 0) is 24.3 Å². The van der Waals surface area contributed by atoms with E-state index in [-0.39, 0.29) is 0 Å². The van der Waals surface area contributed by atoms with Crippen LogP contribution in [0.15, 0.2) is 48.8 Å². The number of aromatic nitrogens is 2. The average Bonchev–Trinajstić information content (AvgIpc) is 3.02. The van der Waals surface area contributed by atoms with Gasteiger partial charge in [-0.3, -0.25) is 4.40 Å². The maximum absolute atomic E-state index is 11.8. The van der Waals surface area contributed by atoms with Gasteiger partial charge >= 0.3 is 5.97 Å². The third-order valence-corrected chi connectivity index (χ3v) is 3.46. The van der Waals surface area contributed by atoms with Gasteiger partial charge in [0, 0.05) is 6.20 Å². The Kier molecular flexibility index (Phi) is 4.14. The number of carbonyl (C=O) groups excluding carboxylic acids is 1. The summed E-state index contributed by atoms with van der Waals surface area (Å²) < 4.78 is 17.6. The summed E-state index contributed by atoms with van der Waals surface area (Å²) in [7, 11) is 2.94. The predicted octanol–water partition coefficient (Wildman–Crippen LogP) is 2.71. The minimum Gasteiger partial charge on any atom is -0.493 e. The summed E-state index contributed by atoms with van der Waals surface area (Å²) in [6.07, 6.45) is 3.51. The van der Waals surface area contributed by atoms with E-state index in [0.29, 0.717) is 29.3 Å². The number of hydrogen-bond donors (Lipinski definition) is 0. The number of ether oxygens (including phenoxy) is 3. The topological polar surface area (TPSA) is 62.1 Å². The van der Waals surface area contributed by atoms with Gasteiger partial charge in [0.15, 0.2) is 17.1 Å². The Morgan fingerprint density at radius 1 is 1.13 bits per heavy atom. The Morgan fingerprint density at radius 2 is 1.91 bits per heavy atom. The summed E-state index contributed by atoms with van der Waals surface area (Å²) in [6, 6.07) is 10.9. The molecule has 0 radical (unpaired) electrons. The third-order valence-electron chi connectivity index (χ3n) is 3.46. The predicted molar refractivity (Wildman–Crippen MR) is 83.9 cm³/mol. The lowest BCUT2D eigenvalue weighted by atomic mass is 10.2. The van der Waals surface area contributed by atoms with Gasteiger partial charge in [-0.15, -0.1) is 0 Å². The van der Waals surface area contributed by atoms with Gasteiger partial charge in [-0.2, -0.15) is 0 Å². The summed E-state index contributed by atoms with van der Waals surface area (Å²) >= 11 is 0. The van der Waals surface area contributed by atoms with Crippen LogP contribution in [0.25, 0.3) is 5.65 Å². The Morgan fingerprint density at radius 3 is 2.65 bits per heavy atom. The van der Waals surface area contributed by atoms with Gasteiger partial charge in [-0.25, -0.2) is 9.78 Å². The van der Waals surface area contributed by atoms with Crippen molar-refractivity contribution >= 4 is 11.6 Å². The van der Waals surface area contributed by atoms with Gasteiger partial charge in [0.25, 0.3) is 0 Å². The zero-order chi connectivity index (χ0) is 16.2. The molecule has 0 amide bonds. The molecule has 118 valence electrons. The fourth-order valence-electron chi connectivity index (χ4n) is 2.33. The van der Waals surface area contributed by atoms with Gasteiger partial charge < -0.3 is 14.2 Å². The van der Waals surface area contributed by atoms with E-state index < -0.39 is 5.97 Å².